The SMILES string of the molecule is NCC1(O)C=CC=C(c2ccccc2)C1. The average Bonchev–Trinajstić information content (AvgIpc) is 2.30. The molecule has 0 heterocycles. The van der Waals surface area contributed by atoms with E-state index in [9.17, 15) is 5.11 Å². The van der Waals surface area contributed by atoms with Gasteiger partial charge in [0, 0.05) is 13.0 Å². The second kappa shape index (κ2) is 4.01. The van der Waals surface area contributed by atoms with Crippen LogP contribution in [0.5, 0.6) is 0 Å². The summed E-state index contributed by atoms with van der Waals surface area (Å²) < 4.78 is 0. The second-order valence-electron chi connectivity index (χ2n) is 3.90. The van der Waals surface area contributed by atoms with Gasteiger partial charge in [-0.1, -0.05) is 48.6 Å². The maximum atomic E-state index is 10.1. The Kier molecular flexibility index (Phi) is 2.71. The molecule has 15 heavy (non-hydrogen) atoms. The van der Waals surface area contributed by atoms with Crippen molar-refractivity contribution in [1.29, 1.82) is 0 Å². The van der Waals surface area contributed by atoms with Crippen LogP contribution in [0.4, 0.5) is 0 Å². The first-order valence-corrected chi connectivity index (χ1v) is 5.10. The van der Waals surface area contributed by atoms with E-state index in [-0.39, 0.29) is 6.54 Å². The summed E-state index contributed by atoms with van der Waals surface area (Å²) in [4.78, 5) is 0. The molecule has 0 spiro atoms. The fourth-order valence-corrected chi connectivity index (χ4v) is 1.78. The highest BCUT2D eigenvalue weighted by molar-refractivity contribution is 5.69. The molecule has 0 fully saturated rings. The lowest BCUT2D eigenvalue weighted by molar-refractivity contribution is 0.105. The molecule has 2 nitrogen and oxygen atoms in total. The summed E-state index contributed by atoms with van der Waals surface area (Å²) in [6.45, 7) is 0.258. The molecule has 0 bridgehead atoms. The van der Waals surface area contributed by atoms with Gasteiger partial charge in [-0.25, -0.2) is 0 Å². The zero-order valence-electron chi connectivity index (χ0n) is 8.56. The summed E-state index contributed by atoms with van der Waals surface area (Å²) in [5, 5.41) is 10.1. The molecule has 1 atom stereocenters. The molecule has 2 heteroatoms. The maximum absolute atomic E-state index is 10.1. The average molecular weight is 201 g/mol. The van der Waals surface area contributed by atoms with Crippen LogP contribution in [0, 0.1) is 0 Å². The quantitative estimate of drug-likeness (QED) is 0.765. The number of hydrogen-bond donors (Lipinski definition) is 2. The van der Waals surface area contributed by atoms with E-state index in [4.69, 9.17) is 5.73 Å². The Hall–Kier alpha value is -1.38. The number of nitrogens with two attached hydrogens (primary N) is 1. The van der Waals surface area contributed by atoms with E-state index in [0.717, 1.165) is 11.1 Å². The Morgan fingerprint density at radius 1 is 1.27 bits per heavy atom. The van der Waals surface area contributed by atoms with Crippen molar-refractivity contribution >= 4 is 5.57 Å². The fraction of sp³-hybridized carbons (Fsp3) is 0.231. The third kappa shape index (κ3) is 2.17. The lowest BCUT2D eigenvalue weighted by Crippen LogP contribution is -2.36. The van der Waals surface area contributed by atoms with Crippen molar-refractivity contribution in [3.63, 3.8) is 0 Å². The zero-order valence-corrected chi connectivity index (χ0v) is 8.56. The van der Waals surface area contributed by atoms with Gasteiger partial charge < -0.3 is 10.8 Å². The molecule has 1 aliphatic rings. The molecule has 0 aliphatic heterocycles. The predicted octanol–water partition coefficient (Wildman–Crippen LogP) is 1.72. The first-order valence-electron chi connectivity index (χ1n) is 5.10. The van der Waals surface area contributed by atoms with Crippen LogP contribution in [0.1, 0.15) is 12.0 Å². The minimum absolute atomic E-state index is 0.258. The van der Waals surface area contributed by atoms with Gasteiger partial charge in [-0.3, -0.25) is 0 Å². The van der Waals surface area contributed by atoms with Crippen LogP contribution in [0.2, 0.25) is 0 Å². The van der Waals surface area contributed by atoms with Gasteiger partial charge >= 0.3 is 0 Å². The summed E-state index contributed by atoms with van der Waals surface area (Å²) in [5.41, 5.74) is 6.95. The van der Waals surface area contributed by atoms with Crippen LogP contribution in [0.3, 0.4) is 0 Å². The standard InChI is InChI=1S/C13H15NO/c14-10-13(15)8-4-7-12(9-13)11-5-2-1-3-6-11/h1-8,15H,9-10,14H2. The van der Waals surface area contributed by atoms with Crippen molar-refractivity contribution in [1.82, 2.24) is 0 Å². The predicted molar refractivity (Wildman–Crippen MR) is 62.2 cm³/mol. The third-order valence-corrected chi connectivity index (χ3v) is 2.70. The highest BCUT2D eigenvalue weighted by Crippen LogP contribution is 2.29. The first-order chi connectivity index (χ1) is 7.23. The highest BCUT2D eigenvalue weighted by atomic mass is 16.3. The second-order valence-corrected chi connectivity index (χ2v) is 3.90. The molecule has 1 unspecified atom stereocenters. The third-order valence-electron chi connectivity index (χ3n) is 2.70. The molecule has 0 aromatic heterocycles. The minimum atomic E-state index is -0.875. The molecule has 78 valence electrons. The smallest absolute Gasteiger partial charge is 0.0992 e. The van der Waals surface area contributed by atoms with Crippen LogP contribution in [-0.4, -0.2) is 17.3 Å². The Morgan fingerprint density at radius 2 is 2.00 bits per heavy atom. The summed E-state index contributed by atoms with van der Waals surface area (Å²) in [5.74, 6) is 0. The van der Waals surface area contributed by atoms with Crippen molar-refractivity contribution in [3.8, 4) is 0 Å². The van der Waals surface area contributed by atoms with Crippen LogP contribution in [0.25, 0.3) is 5.57 Å². The van der Waals surface area contributed by atoms with Crippen LogP contribution in [-0.2, 0) is 0 Å². The van der Waals surface area contributed by atoms with Gasteiger partial charge in [-0.15, -0.1) is 0 Å². The van der Waals surface area contributed by atoms with E-state index < -0.39 is 5.60 Å². The van der Waals surface area contributed by atoms with Gasteiger partial charge in [0.2, 0.25) is 0 Å². The van der Waals surface area contributed by atoms with E-state index in [2.05, 4.69) is 0 Å². The van der Waals surface area contributed by atoms with Gasteiger partial charge in [-0.05, 0) is 11.1 Å². The minimum Gasteiger partial charge on any atom is -0.384 e. The summed E-state index contributed by atoms with van der Waals surface area (Å²) in [6.07, 6.45) is 6.25. The first kappa shape index (κ1) is 10.1. The molecule has 0 saturated carbocycles. The van der Waals surface area contributed by atoms with Crippen molar-refractivity contribution in [2.45, 2.75) is 12.0 Å². The number of benzene rings is 1. The molecule has 0 radical (unpaired) electrons. The van der Waals surface area contributed by atoms with Crippen LogP contribution in [0.15, 0.2) is 48.6 Å². The van der Waals surface area contributed by atoms with E-state index in [1.54, 1.807) is 6.08 Å². The summed E-state index contributed by atoms with van der Waals surface area (Å²) in [6, 6.07) is 10.1. The monoisotopic (exact) mass is 201 g/mol. The van der Waals surface area contributed by atoms with Crippen molar-refractivity contribution in [3.05, 3.63) is 54.1 Å². The molecule has 0 amide bonds. The topological polar surface area (TPSA) is 46.2 Å². The lowest BCUT2D eigenvalue weighted by Gasteiger charge is -2.26. The molecule has 1 aromatic rings. The van der Waals surface area contributed by atoms with Gasteiger partial charge in [0.05, 0.1) is 5.60 Å². The van der Waals surface area contributed by atoms with Crippen LogP contribution >= 0.6 is 0 Å². The van der Waals surface area contributed by atoms with E-state index in [1.807, 2.05) is 42.5 Å². The number of aliphatic hydroxyl groups is 1. The Bertz CT molecular complexity index is 394. The molecule has 3 N–H and O–H groups in total. The molecular formula is C13H15NO. The van der Waals surface area contributed by atoms with E-state index in [0.29, 0.717) is 6.42 Å². The highest BCUT2D eigenvalue weighted by Gasteiger charge is 2.25. The molecular weight excluding hydrogens is 186 g/mol. The normalized spacial score (nSPS) is 25.1. The summed E-state index contributed by atoms with van der Waals surface area (Å²) >= 11 is 0. The Morgan fingerprint density at radius 3 is 2.67 bits per heavy atom. The largest absolute Gasteiger partial charge is 0.384 e. The lowest BCUT2D eigenvalue weighted by atomic mass is 9.86. The van der Waals surface area contributed by atoms with Crippen molar-refractivity contribution in [2.24, 2.45) is 5.73 Å². The van der Waals surface area contributed by atoms with Gasteiger partial charge in [0.1, 0.15) is 0 Å². The van der Waals surface area contributed by atoms with Crippen molar-refractivity contribution < 1.29 is 5.11 Å². The number of hydrogen-bond acceptors (Lipinski definition) is 2. The van der Waals surface area contributed by atoms with Crippen LogP contribution < -0.4 is 5.73 Å². The van der Waals surface area contributed by atoms with E-state index >= 15 is 0 Å². The number of allylic oxidation sites excluding steroid dienone is 2. The van der Waals surface area contributed by atoms with Gasteiger partial charge in [-0.2, -0.15) is 0 Å². The molecule has 1 aromatic carbocycles. The fourth-order valence-electron chi connectivity index (χ4n) is 1.78. The van der Waals surface area contributed by atoms with E-state index in [1.165, 1.54) is 0 Å². The maximum Gasteiger partial charge on any atom is 0.0992 e. The molecule has 2 rings (SSSR count). The molecule has 1 aliphatic carbocycles. The van der Waals surface area contributed by atoms with Gasteiger partial charge in [0.15, 0.2) is 0 Å². The number of rotatable bonds is 2. The Balaban J connectivity index is 2.26. The summed E-state index contributed by atoms with van der Waals surface area (Å²) in [7, 11) is 0. The van der Waals surface area contributed by atoms with Crippen molar-refractivity contribution in [2.75, 3.05) is 6.54 Å². The Labute approximate surface area is 89.7 Å². The van der Waals surface area contributed by atoms with Gasteiger partial charge in [0.25, 0.3) is 0 Å². The molecule has 0 saturated heterocycles. The zero-order chi connectivity index (χ0) is 10.7.